The number of ether oxygens (including phenoxy) is 1. The lowest BCUT2D eigenvalue weighted by Gasteiger charge is -2.05. The molecule has 1 saturated heterocycles. The molecule has 0 radical (unpaired) electrons. The third-order valence-electron chi connectivity index (χ3n) is 2.15. The summed E-state index contributed by atoms with van der Waals surface area (Å²) in [6.07, 6.45) is 1.09. The summed E-state index contributed by atoms with van der Waals surface area (Å²) in [7, 11) is 0. The summed E-state index contributed by atoms with van der Waals surface area (Å²) in [6, 6.07) is 0.438. The Morgan fingerprint density at radius 1 is 1.50 bits per heavy atom. The molecule has 0 spiro atoms. The SMILES string of the molecule is ClCc1nnc(NCC2CCOC2)o1. The maximum Gasteiger partial charge on any atom is 0.315 e. The van der Waals surface area contributed by atoms with Crippen LogP contribution in [0.3, 0.4) is 0 Å². The Balaban J connectivity index is 1.79. The second-order valence-electron chi connectivity index (χ2n) is 3.25. The van der Waals surface area contributed by atoms with Gasteiger partial charge in [0.2, 0.25) is 5.89 Å². The zero-order valence-electron chi connectivity index (χ0n) is 7.70. The average Bonchev–Trinajstić information content (AvgIpc) is 2.86. The number of alkyl halides is 1. The zero-order chi connectivity index (χ0) is 9.80. The van der Waals surface area contributed by atoms with Gasteiger partial charge in [-0.25, -0.2) is 0 Å². The normalized spacial score (nSPS) is 21.4. The van der Waals surface area contributed by atoms with Crippen molar-refractivity contribution in [1.29, 1.82) is 0 Å². The minimum Gasteiger partial charge on any atom is -0.407 e. The number of rotatable bonds is 4. The average molecular weight is 218 g/mol. The fourth-order valence-corrected chi connectivity index (χ4v) is 1.46. The predicted octanol–water partition coefficient (Wildman–Crippen LogP) is 1.26. The molecule has 78 valence electrons. The molecule has 5 nitrogen and oxygen atoms in total. The Morgan fingerprint density at radius 3 is 3.07 bits per heavy atom. The summed E-state index contributed by atoms with van der Waals surface area (Å²) in [4.78, 5) is 0. The molecule has 0 aliphatic carbocycles. The van der Waals surface area contributed by atoms with Crippen LogP contribution in [0.15, 0.2) is 4.42 Å². The molecule has 6 heteroatoms. The molecule has 1 aromatic rings. The van der Waals surface area contributed by atoms with E-state index < -0.39 is 0 Å². The summed E-state index contributed by atoms with van der Waals surface area (Å²) < 4.78 is 10.4. The van der Waals surface area contributed by atoms with Gasteiger partial charge in [0.1, 0.15) is 5.88 Å². The first-order valence-electron chi connectivity index (χ1n) is 4.58. The van der Waals surface area contributed by atoms with E-state index in [4.69, 9.17) is 20.8 Å². The summed E-state index contributed by atoms with van der Waals surface area (Å²) >= 11 is 5.52. The number of hydrogen-bond donors (Lipinski definition) is 1. The maximum absolute atomic E-state index is 5.52. The van der Waals surface area contributed by atoms with E-state index in [0.717, 1.165) is 26.2 Å². The lowest BCUT2D eigenvalue weighted by Crippen LogP contribution is -2.14. The van der Waals surface area contributed by atoms with Crippen molar-refractivity contribution in [1.82, 2.24) is 10.2 Å². The van der Waals surface area contributed by atoms with Crippen LogP contribution in [0, 0.1) is 5.92 Å². The molecule has 1 atom stereocenters. The second-order valence-corrected chi connectivity index (χ2v) is 3.51. The minimum absolute atomic E-state index is 0.251. The van der Waals surface area contributed by atoms with Crippen molar-refractivity contribution < 1.29 is 9.15 Å². The largest absolute Gasteiger partial charge is 0.407 e. The van der Waals surface area contributed by atoms with Gasteiger partial charge >= 0.3 is 6.01 Å². The molecule has 1 aliphatic heterocycles. The first kappa shape index (κ1) is 9.73. The molecule has 0 aromatic carbocycles. The fourth-order valence-electron chi connectivity index (χ4n) is 1.36. The van der Waals surface area contributed by atoms with Crippen molar-refractivity contribution in [2.75, 3.05) is 25.1 Å². The number of halogens is 1. The van der Waals surface area contributed by atoms with E-state index in [-0.39, 0.29) is 5.88 Å². The molecule has 1 unspecified atom stereocenters. The van der Waals surface area contributed by atoms with Crippen molar-refractivity contribution >= 4 is 17.6 Å². The Bertz CT molecular complexity index is 286. The van der Waals surface area contributed by atoms with Gasteiger partial charge in [-0.2, -0.15) is 0 Å². The van der Waals surface area contributed by atoms with E-state index in [2.05, 4.69) is 15.5 Å². The van der Waals surface area contributed by atoms with Gasteiger partial charge in [0.25, 0.3) is 0 Å². The molecule has 2 heterocycles. The van der Waals surface area contributed by atoms with Crippen LogP contribution in [0.5, 0.6) is 0 Å². The Morgan fingerprint density at radius 2 is 2.43 bits per heavy atom. The van der Waals surface area contributed by atoms with Gasteiger partial charge in [0.15, 0.2) is 0 Å². The van der Waals surface area contributed by atoms with Crippen LogP contribution < -0.4 is 5.32 Å². The van der Waals surface area contributed by atoms with Gasteiger partial charge < -0.3 is 14.5 Å². The predicted molar refractivity (Wildman–Crippen MR) is 51.3 cm³/mol. The number of nitrogens with one attached hydrogen (secondary N) is 1. The van der Waals surface area contributed by atoms with Crippen molar-refractivity contribution in [3.63, 3.8) is 0 Å². The van der Waals surface area contributed by atoms with Crippen LogP contribution in [-0.4, -0.2) is 30.0 Å². The summed E-state index contributed by atoms with van der Waals surface area (Å²) in [6.45, 7) is 2.47. The third kappa shape index (κ3) is 2.36. The van der Waals surface area contributed by atoms with Crippen molar-refractivity contribution in [2.24, 2.45) is 5.92 Å². The fraction of sp³-hybridized carbons (Fsp3) is 0.750. The minimum atomic E-state index is 0.251. The molecule has 0 bridgehead atoms. The van der Waals surface area contributed by atoms with Crippen molar-refractivity contribution in [2.45, 2.75) is 12.3 Å². The van der Waals surface area contributed by atoms with E-state index in [9.17, 15) is 0 Å². The maximum atomic E-state index is 5.52. The highest BCUT2D eigenvalue weighted by atomic mass is 35.5. The molecule has 1 fully saturated rings. The second kappa shape index (κ2) is 4.61. The highest BCUT2D eigenvalue weighted by Crippen LogP contribution is 2.14. The van der Waals surface area contributed by atoms with Crippen molar-refractivity contribution in [3.8, 4) is 0 Å². The van der Waals surface area contributed by atoms with Gasteiger partial charge in [0, 0.05) is 19.1 Å². The summed E-state index contributed by atoms with van der Waals surface area (Å²) in [5.41, 5.74) is 0. The third-order valence-corrected chi connectivity index (χ3v) is 2.38. The number of hydrogen-bond acceptors (Lipinski definition) is 5. The highest BCUT2D eigenvalue weighted by molar-refractivity contribution is 6.16. The first-order valence-corrected chi connectivity index (χ1v) is 5.12. The lowest BCUT2D eigenvalue weighted by atomic mass is 10.1. The number of anilines is 1. The van der Waals surface area contributed by atoms with Gasteiger partial charge in [-0.3, -0.25) is 0 Å². The van der Waals surface area contributed by atoms with Gasteiger partial charge in [-0.05, 0) is 6.42 Å². The van der Waals surface area contributed by atoms with Crippen LogP contribution >= 0.6 is 11.6 Å². The monoisotopic (exact) mass is 217 g/mol. The van der Waals surface area contributed by atoms with Gasteiger partial charge in [0.05, 0.1) is 6.61 Å². The molecule has 0 saturated carbocycles. The molecule has 2 rings (SSSR count). The lowest BCUT2D eigenvalue weighted by molar-refractivity contribution is 0.187. The van der Waals surface area contributed by atoms with Crippen LogP contribution in [-0.2, 0) is 10.6 Å². The van der Waals surface area contributed by atoms with Crippen LogP contribution in [0.2, 0.25) is 0 Å². The Hall–Kier alpha value is -0.810. The standard InChI is InChI=1S/C8H12ClN3O2/c9-3-7-11-12-8(14-7)10-4-6-1-2-13-5-6/h6H,1-5H2,(H,10,12). The molecular formula is C8H12ClN3O2. The topological polar surface area (TPSA) is 60.2 Å². The van der Waals surface area contributed by atoms with Gasteiger partial charge in [-0.1, -0.05) is 5.10 Å². The Kier molecular flexibility index (Phi) is 3.21. The van der Waals surface area contributed by atoms with Crippen LogP contribution in [0.1, 0.15) is 12.3 Å². The van der Waals surface area contributed by atoms with E-state index in [1.165, 1.54) is 0 Å². The van der Waals surface area contributed by atoms with Crippen LogP contribution in [0.4, 0.5) is 6.01 Å². The molecule has 0 amide bonds. The van der Waals surface area contributed by atoms with Gasteiger partial charge in [-0.15, -0.1) is 16.7 Å². The van der Waals surface area contributed by atoms with E-state index in [1.54, 1.807) is 0 Å². The van der Waals surface area contributed by atoms with Crippen molar-refractivity contribution in [3.05, 3.63) is 5.89 Å². The zero-order valence-corrected chi connectivity index (χ0v) is 8.46. The number of aromatic nitrogens is 2. The van der Waals surface area contributed by atoms with E-state index >= 15 is 0 Å². The van der Waals surface area contributed by atoms with Crippen LogP contribution in [0.25, 0.3) is 0 Å². The molecule has 14 heavy (non-hydrogen) atoms. The molecule has 1 aliphatic rings. The highest BCUT2D eigenvalue weighted by Gasteiger charge is 2.16. The summed E-state index contributed by atoms with van der Waals surface area (Å²) in [5.74, 6) is 1.24. The quantitative estimate of drug-likeness (QED) is 0.770. The Labute approximate surface area is 86.8 Å². The molecule has 1 N–H and O–H groups in total. The first-order chi connectivity index (χ1) is 6.88. The summed E-state index contributed by atoms with van der Waals surface area (Å²) in [5, 5.41) is 10.6. The van der Waals surface area contributed by atoms with E-state index in [0.29, 0.717) is 17.8 Å². The number of nitrogens with zero attached hydrogens (tertiary/aromatic N) is 2. The smallest absolute Gasteiger partial charge is 0.315 e. The van der Waals surface area contributed by atoms with E-state index in [1.807, 2.05) is 0 Å². The molecular weight excluding hydrogens is 206 g/mol. The molecule has 1 aromatic heterocycles.